The minimum atomic E-state index is -6.00. The SMILES string of the molecule is CCOC(=O)C1=NOC(OCCn2cc[n+](C)c2)(c2ccc(F)cc2)C1.F[B-](F)(F)F. The summed E-state index contributed by atoms with van der Waals surface area (Å²) in [6.45, 7) is 2.86. The van der Waals surface area contributed by atoms with Crippen molar-refractivity contribution in [3.63, 3.8) is 0 Å². The Balaban J connectivity index is 0.000000614. The van der Waals surface area contributed by atoms with Crippen molar-refractivity contribution in [2.24, 2.45) is 12.2 Å². The van der Waals surface area contributed by atoms with Crippen LogP contribution in [0.25, 0.3) is 0 Å². The Morgan fingerprint density at radius 3 is 2.48 bits per heavy atom. The molecule has 1 aliphatic heterocycles. The van der Waals surface area contributed by atoms with E-state index < -0.39 is 19.0 Å². The van der Waals surface area contributed by atoms with E-state index in [1.54, 1.807) is 19.1 Å². The molecule has 7 nitrogen and oxygen atoms in total. The van der Waals surface area contributed by atoms with Crippen LogP contribution in [0.5, 0.6) is 0 Å². The molecule has 0 amide bonds. The van der Waals surface area contributed by atoms with Crippen molar-refractivity contribution >= 4 is 18.9 Å². The van der Waals surface area contributed by atoms with Gasteiger partial charge in [0.25, 0.3) is 5.79 Å². The van der Waals surface area contributed by atoms with Gasteiger partial charge in [-0.1, -0.05) is 5.16 Å². The van der Waals surface area contributed by atoms with Gasteiger partial charge in [-0.2, -0.15) is 0 Å². The minimum Gasteiger partial charge on any atom is -0.461 e. The number of hydrogen-bond donors (Lipinski definition) is 0. The van der Waals surface area contributed by atoms with Crippen LogP contribution in [0.2, 0.25) is 0 Å². The fourth-order valence-electron chi connectivity index (χ4n) is 2.71. The lowest BCUT2D eigenvalue weighted by Gasteiger charge is -2.26. The second kappa shape index (κ2) is 10.4. The zero-order valence-electron chi connectivity index (χ0n) is 16.8. The first-order chi connectivity index (χ1) is 14.5. The van der Waals surface area contributed by atoms with Crippen LogP contribution in [0.1, 0.15) is 18.9 Å². The first kappa shape index (κ1) is 24.3. The van der Waals surface area contributed by atoms with Crippen LogP contribution in [0, 0.1) is 5.82 Å². The van der Waals surface area contributed by atoms with Gasteiger partial charge < -0.3 is 31.6 Å². The number of carbonyl (C=O) groups excluding carboxylic acids is 1. The molecule has 0 aliphatic carbocycles. The summed E-state index contributed by atoms with van der Waals surface area (Å²) < 4.78 is 67.1. The van der Waals surface area contributed by atoms with Crippen LogP contribution in [0.4, 0.5) is 21.7 Å². The van der Waals surface area contributed by atoms with Crippen LogP contribution < -0.4 is 4.57 Å². The van der Waals surface area contributed by atoms with E-state index in [0.29, 0.717) is 18.7 Å². The van der Waals surface area contributed by atoms with Crippen molar-refractivity contribution in [1.82, 2.24) is 4.57 Å². The van der Waals surface area contributed by atoms with Crippen LogP contribution in [-0.4, -0.2) is 36.7 Å². The summed E-state index contributed by atoms with van der Waals surface area (Å²) in [5.41, 5.74) is 0.726. The molecule has 2 aromatic rings. The van der Waals surface area contributed by atoms with Crippen molar-refractivity contribution in [2.45, 2.75) is 25.7 Å². The van der Waals surface area contributed by atoms with Gasteiger partial charge in [0.05, 0.1) is 26.7 Å². The van der Waals surface area contributed by atoms with Gasteiger partial charge >= 0.3 is 13.2 Å². The highest BCUT2D eigenvalue weighted by Crippen LogP contribution is 2.36. The third kappa shape index (κ3) is 7.66. The Kier molecular flexibility index (Phi) is 8.14. The Bertz CT molecular complexity index is 898. The highest BCUT2D eigenvalue weighted by molar-refractivity contribution is 6.50. The number of hydrogen-bond acceptors (Lipinski definition) is 5. The molecule has 1 unspecified atom stereocenters. The summed E-state index contributed by atoms with van der Waals surface area (Å²) in [5.74, 6) is -2.18. The molecule has 2 heterocycles. The topological polar surface area (TPSA) is 65.9 Å². The largest absolute Gasteiger partial charge is 0.673 e. The number of oxime groups is 1. The number of benzene rings is 1. The Morgan fingerprint density at radius 1 is 1.29 bits per heavy atom. The average molecular weight is 449 g/mol. The molecule has 0 spiro atoms. The van der Waals surface area contributed by atoms with Gasteiger partial charge in [0.2, 0.25) is 6.33 Å². The molecule has 1 aliphatic rings. The molecule has 1 aromatic carbocycles. The number of carbonyl (C=O) groups is 1. The molecule has 0 bridgehead atoms. The second-order valence-corrected chi connectivity index (χ2v) is 6.45. The quantitative estimate of drug-likeness (QED) is 0.282. The van der Waals surface area contributed by atoms with Gasteiger partial charge in [0.1, 0.15) is 24.8 Å². The lowest BCUT2D eigenvalue weighted by Crippen LogP contribution is -2.33. The molecule has 31 heavy (non-hydrogen) atoms. The summed E-state index contributed by atoms with van der Waals surface area (Å²) in [7, 11) is -4.07. The number of aryl methyl sites for hydroxylation is 1. The Morgan fingerprint density at radius 2 is 1.94 bits per heavy atom. The fourth-order valence-corrected chi connectivity index (χ4v) is 2.71. The summed E-state index contributed by atoms with van der Waals surface area (Å²) in [6, 6.07) is 5.76. The number of aromatic nitrogens is 2. The van der Waals surface area contributed by atoms with Crippen LogP contribution in [0.15, 0.2) is 48.1 Å². The van der Waals surface area contributed by atoms with Crippen LogP contribution >= 0.6 is 0 Å². The van der Waals surface area contributed by atoms with E-state index >= 15 is 0 Å². The predicted molar refractivity (Wildman–Crippen MR) is 99.6 cm³/mol. The zero-order chi connectivity index (χ0) is 23.1. The van der Waals surface area contributed by atoms with Crippen LogP contribution in [0.3, 0.4) is 0 Å². The molecular weight excluding hydrogens is 428 g/mol. The van der Waals surface area contributed by atoms with Gasteiger partial charge in [0.15, 0.2) is 5.71 Å². The highest BCUT2D eigenvalue weighted by Gasteiger charge is 2.45. The number of rotatable bonds is 7. The monoisotopic (exact) mass is 449 g/mol. The Hall–Kier alpha value is -2.96. The molecule has 0 fully saturated rings. The van der Waals surface area contributed by atoms with Gasteiger partial charge in [0, 0.05) is 5.56 Å². The number of halogens is 5. The van der Waals surface area contributed by atoms with Gasteiger partial charge in [-0.15, -0.1) is 0 Å². The third-order valence-electron chi connectivity index (χ3n) is 4.01. The van der Waals surface area contributed by atoms with Gasteiger partial charge in [-0.05, 0) is 31.2 Å². The molecule has 1 aromatic heterocycles. The molecule has 1 atom stereocenters. The van der Waals surface area contributed by atoms with Crippen molar-refractivity contribution in [2.75, 3.05) is 13.2 Å². The molecule has 0 N–H and O–H groups in total. The van der Waals surface area contributed by atoms with E-state index in [1.807, 2.05) is 34.9 Å². The molecule has 3 rings (SSSR count). The predicted octanol–water partition coefficient (Wildman–Crippen LogP) is 2.96. The summed E-state index contributed by atoms with van der Waals surface area (Å²) in [5, 5.41) is 3.85. The summed E-state index contributed by atoms with van der Waals surface area (Å²) in [6.07, 6.45) is 5.86. The molecule has 13 heteroatoms. The maximum Gasteiger partial charge on any atom is 0.673 e. The number of nitrogens with zero attached hydrogens (tertiary/aromatic N) is 3. The molecule has 170 valence electrons. The third-order valence-corrected chi connectivity index (χ3v) is 4.01. The number of ether oxygens (including phenoxy) is 2. The van der Waals surface area contributed by atoms with Crippen molar-refractivity contribution in [3.05, 3.63) is 54.4 Å². The van der Waals surface area contributed by atoms with Gasteiger partial charge in [-0.3, -0.25) is 0 Å². The maximum absolute atomic E-state index is 13.3. The van der Waals surface area contributed by atoms with E-state index in [9.17, 15) is 26.4 Å². The molecular formula is C18H21BF5N3O4. The first-order valence-corrected chi connectivity index (χ1v) is 9.23. The van der Waals surface area contributed by atoms with E-state index in [0.717, 1.165) is 0 Å². The summed E-state index contributed by atoms with van der Waals surface area (Å²) in [4.78, 5) is 17.5. The fraction of sp³-hybridized carbons (Fsp3) is 0.389. The van der Waals surface area contributed by atoms with E-state index in [4.69, 9.17) is 14.3 Å². The van der Waals surface area contributed by atoms with Crippen LogP contribution in [-0.2, 0) is 38.5 Å². The lowest BCUT2D eigenvalue weighted by molar-refractivity contribution is -0.671. The average Bonchev–Trinajstić information content (AvgIpc) is 3.29. The van der Waals surface area contributed by atoms with Crippen molar-refractivity contribution in [3.8, 4) is 0 Å². The van der Waals surface area contributed by atoms with Crippen molar-refractivity contribution < 1.29 is 45.3 Å². The van der Waals surface area contributed by atoms with E-state index in [1.165, 1.54) is 12.1 Å². The molecule has 0 radical (unpaired) electrons. The van der Waals surface area contributed by atoms with Crippen molar-refractivity contribution in [1.29, 1.82) is 0 Å². The normalized spacial score (nSPS) is 18.0. The lowest BCUT2D eigenvalue weighted by atomic mass is 10.00. The number of imidazole rings is 1. The number of esters is 1. The maximum atomic E-state index is 13.3. The minimum absolute atomic E-state index is 0.0942. The Labute approximate surface area is 175 Å². The van der Waals surface area contributed by atoms with Gasteiger partial charge in [-0.25, -0.2) is 18.3 Å². The van der Waals surface area contributed by atoms with E-state index in [2.05, 4.69) is 5.16 Å². The smallest absolute Gasteiger partial charge is 0.461 e. The highest BCUT2D eigenvalue weighted by atomic mass is 19.5. The standard InChI is InChI=1S/C18H21FN3O4.BF4/c1-3-24-17(23)16-12-18(26-20-16,14-4-6-15(19)7-5-14)25-11-10-22-9-8-21(2)13-22;2-1(3,4)5/h4-9,13H,3,10-12H2,1-2H3;/q+1;-1. The van der Waals surface area contributed by atoms with E-state index in [-0.39, 0.29) is 24.6 Å². The second-order valence-electron chi connectivity index (χ2n) is 6.45. The molecule has 0 saturated heterocycles. The summed E-state index contributed by atoms with van der Waals surface area (Å²) >= 11 is 0. The molecule has 0 saturated carbocycles. The zero-order valence-corrected chi connectivity index (χ0v) is 16.8. The first-order valence-electron chi connectivity index (χ1n) is 9.23.